The number of aryl methyl sites for hydroxylation is 1. The largest absolute Gasteiger partial charge is 0.480 e. The van der Waals surface area contributed by atoms with E-state index in [0.717, 1.165) is 10.9 Å². The molecule has 22 heavy (non-hydrogen) atoms. The number of hydrogen-bond donors (Lipinski definition) is 2. The first-order chi connectivity index (χ1) is 10.0. The zero-order chi connectivity index (χ0) is 16.7. The minimum atomic E-state index is -1.46. The predicted octanol–water partition coefficient (Wildman–Crippen LogP) is 2.21. The number of aliphatic carboxylic acids is 1. The van der Waals surface area contributed by atoms with E-state index in [1.54, 1.807) is 31.3 Å². The van der Waals surface area contributed by atoms with Crippen LogP contribution in [0.5, 0.6) is 0 Å². The summed E-state index contributed by atoms with van der Waals surface area (Å²) in [6, 6.07) is 8.37. The minimum Gasteiger partial charge on any atom is -0.480 e. The average Bonchev–Trinajstić information content (AvgIpc) is 2.40. The maximum Gasteiger partial charge on any atom is 0.328 e. The van der Waals surface area contributed by atoms with E-state index >= 15 is 0 Å². The molecule has 0 aliphatic carbocycles. The Bertz CT molecular complexity index is 787. The molecule has 2 rings (SSSR count). The fourth-order valence-electron chi connectivity index (χ4n) is 2.80. The van der Waals surface area contributed by atoms with E-state index in [-0.39, 0.29) is 11.0 Å². The number of rotatable bonds is 3. The van der Waals surface area contributed by atoms with Crippen molar-refractivity contribution in [3.63, 3.8) is 0 Å². The molecule has 0 bridgehead atoms. The maximum atomic E-state index is 11.8. The summed E-state index contributed by atoms with van der Waals surface area (Å²) in [5, 5.41) is 10.4. The highest BCUT2D eigenvalue weighted by atomic mass is 16.4. The van der Waals surface area contributed by atoms with Crippen molar-refractivity contribution in [2.24, 2.45) is 18.2 Å². The SMILES string of the molecule is Cn1c(=O)ccc2cc([C@](N)(CC(C)(C)C)C(=O)O)ccc21. The lowest BCUT2D eigenvalue weighted by Crippen LogP contribution is -2.47. The van der Waals surface area contributed by atoms with Gasteiger partial charge in [0, 0.05) is 13.1 Å². The summed E-state index contributed by atoms with van der Waals surface area (Å²) in [6.45, 7) is 5.88. The first kappa shape index (κ1) is 16.2. The fraction of sp³-hybridized carbons (Fsp3) is 0.412. The predicted molar refractivity (Wildman–Crippen MR) is 86.8 cm³/mol. The van der Waals surface area contributed by atoms with Crippen LogP contribution < -0.4 is 11.3 Å². The molecule has 2 aromatic rings. The number of carbonyl (C=O) groups is 1. The molecule has 0 fully saturated rings. The number of hydrogen-bond acceptors (Lipinski definition) is 3. The van der Waals surface area contributed by atoms with E-state index in [1.165, 1.54) is 10.6 Å². The Hall–Kier alpha value is -2.14. The van der Waals surface area contributed by atoms with Crippen LogP contribution in [0, 0.1) is 5.41 Å². The van der Waals surface area contributed by atoms with Crippen LogP contribution in [0.2, 0.25) is 0 Å². The van der Waals surface area contributed by atoms with E-state index in [0.29, 0.717) is 12.0 Å². The van der Waals surface area contributed by atoms with Crippen molar-refractivity contribution in [2.75, 3.05) is 0 Å². The van der Waals surface area contributed by atoms with Gasteiger partial charge in [0.25, 0.3) is 5.56 Å². The molecule has 1 heterocycles. The highest BCUT2D eigenvalue weighted by molar-refractivity contribution is 5.85. The molecule has 0 saturated heterocycles. The Morgan fingerprint density at radius 1 is 1.23 bits per heavy atom. The summed E-state index contributed by atoms with van der Waals surface area (Å²) in [5.41, 5.74) is 5.74. The third kappa shape index (κ3) is 2.90. The van der Waals surface area contributed by atoms with E-state index in [2.05, 4.69) is 0 Å². The van der Waals surface area contributed by atoms with Gasteiger partial charge in [0.15, 0.2) is 0 Å². The maximum absolute atomic E-state index is 11.8. The van der Waals surface area contributed by atoms with Gasteiger partial charge in [0.05, 0.1) is 5.52 Å². The number of fused-ring (bicyclic) bond motifs is 1. The number of nitrogens with two attached hydrogens (primary N) is 1. The Balaban J connectivity index is 2.63. The molecule has 5 heteroatoms. The molecule has 0 spiro atoms. The van der Waals surface area contributed by atoms with Gasteiger partial charge in [0.2, 0.25) is 0 Å². The number of nitrogens with zero attached hydrogens (tertiary/aromatic N) is 1. The summed E-state index contributed by atoms with van der Waals surface area (Å²) in [7, 11) is 1.69. The molecule has 0 amide bonds. The molecular weight excluding hydrogens is 280 g/mol. The second kappa shape index (κ2) is 5.25. The fourth-order valence-corrected chi connectivity index (χ4v) is 2.80. The van der Waals surface area contributed by atoms with Crippen LogP contribution in [0.15, 0.2) is 35.1 Å². The van der Waals surface area contributed by atoms with Gasteiger partial charge in [-0.25, -0.2) is 4.79 Å². The zero-order valence-electron chi connectivity index (χ0n) is 13.4. The second-order valence-electron chi connectivity index (χ2n) is 7.02. The van der Waals surface area contributed by atoms with Crippen LogP contribution in [0.4, 0.5) is 0 Å². The molecule has 0 aliphatic heterocycles. The normalized spacial score (nSPS) is 14.8. The first-order valence-electron chi connectivity index (χ1n) is 7.17. The Morgan fingerprint density at radius 2 is 1.86 bits per heavy atom. The first-order valence-corrected chi connectivity index (χ1v) is 7.17. The third-order valence-electron chi connectivity index (χ3n) is 3.83. The lowest BCUT2D eigenvalue weighted by atomic mass is 9.76. The Kier molecular flexibility index (Phi) is 3.87. The van der Waals surface area contributed by atoms with E-state index in [4.69, 9.17) is 5.73 Å². The van der Waals surface area contributed by atoms with E-state index in [9.17, 15) is 14.7 Å². The van der Waals surface area contributed by atoms with Gasteiger partial charge in [-0.2, -0.15) is 0 Å². The van der Waals surface area contributed by atoms with Crippen molar-refractivity contribution in [1.82, 2.24) is 4.57 Å². The van der Waals surface area contributed by atoms with Crippen LogP contribution in [0.25, 0.3) is 10.9 Å². The van der Waals surface area contributed by atoms with Crippen LogP contribution in [-0.2, 0) is 17.4 Å². The molecule has 3 N–H and O–H groups in total. The Labute approximate surface area is 129 Å². The molecule has 1 aromatic heterocycles. The quantitative estimate of drug-likeness (QED) is 0.910. The van der Waals surface area contributed by atoms with E-state index < -0.39 is 11.5 Å². The average molecular weight is 302 g/mol. The van der Waals surface area contributed by atoms with Crippen molar-refractivity contribution >= 4 is 16.9 Å². The highest BCUT2D eigenvalue weighted by Gasteiger charge is 2.39. The van der Waals surface area contributed by atoms with Gasteiger partial charge < -0.3 is 15.4 Å². The lowest BCUT2D eigenvalue weighted by Gasteiger charge is -2.32. The van der Waals surface area contributed by atoms with Crippen molar-refractivity contribution < 1.29 is 9.90 Å². The van der Waals surface area contributed by atoms with Crippen LogP contribution in [0.3, 0.4) is 0 Å². The summed E-state index contributed by atoms with van der Waals surface area (Å²) < 4.78 is 1.53. The molecule has 5 nitrogen and oxygen atoms in total. The van der Waals surface area contributed by atoms with Crippen molar-refractivity contribution in [3.05, 3.63) is 46.2 Å². The van der Waals surface area contributed by atoms with Gasteiger partial charge in [-0.15, -0.1) is 0 Å². The van der Waals surface area contributed by atoms with Crippen molar-refractivity contribution in [2.45, 2.75) is 32.7 Å². The van der Waals surface area contributed by atoms with Crippen molar-refractivity contribution in [3.8, 4) is 0 Å². The molecule has 0 unspecified atom stereocenters. The molecule has 118 valence electrons. The summed E-state index contributed by atoms with van der Waals surface area (Å²) in [4.78, 5) is 23.4. The molecule has 0 radical (unpaired) electrons. The molecule has 0 saturated carbocycles. The number of pyridine rings is 1. The van der Waals surface area contributed by atoms with Gasteiger partial charge in [-0.3, -0.25) is 4.79 Å². The number of carboxylic acid groups (broad SMARTS) is 1. The zero-order valence-corrected chi connectivity index (χ0v) is 13.4. The Morgan fingerprint density at radius 3 is 2.41 bits per heavy atom. The summed E-state index contributed by atoms with van der Waals surface area (Å²) in [5.74, 6) is -1.05. The molecular formula is C17H22N2O3. The number of carboxylic acids is 1. The molecule has 1 atom stereocenters. The molecule has 0 aliphatic rings. The lowest BCUT2D eigenvalue weighted by molar-refractivity contribution is -0.145. The van der Waals surface area contributed by atoms with Gasteiger partial charge in [-0.05, 0) is 41.0 Å². The van der Waals surface area contributed by atoms with Crippen LogP contribution in [0.1, 0.15) is 32.8 Å². The summed E-state index contributed by atoms with van der Waals surface area (Å²) in [6.07, 6.45) is 0.312. The highest BCUT2D eigenvalue weighted by Crippen LogP contribution is 2.34. The third-order valence-corrected chi connectivity index (χ3v) is 3.83. The number of aromatic nitrogens is 1. The molecule has 1 aromatic carbocycles. The van der Waals surface area contributed by atoms with Gasteiger partial charge in [0.1, 0.15) is 5.54 Å². The van der Waals surface area contributed by atoms with Gasteiger partial charge >= 0.3 is 5.97 Å². The van der Waals surface area contributed by atoms with Crippen molar-refractivity contribution in [1.29, 1.82) is 0 Å². The topological polar surface area (TPSA) is 85.3 Å². The van der Waals surface area contributed by atoms with Gasteiger partial charge in [-0.1, -0.05) is 26.8 Å². The van der Waals surface area contributed by atoms with Crippen LogP contribution >= 0.6 is 0 Å². The number of benzene rings is 1. The standard InChI is InChI=1S/C17H22N2O3/c1-16(2,3)10-17(18,15(21)22)12-6-7-13-11(9-12)5-8-14(20)19(13)4/h5-9H,10,18H2,1-4H3,(H,21,22)/t17-/m1/s1. The van der Waals surface area contributed by atoms with E-state index in [1.807, 2.05) is 20.8 Å². The minimum absolute atomic E-state index is 0.104. The van der Waals surface area contributed by atoms with Crippen LogP contribution in [-0.4, -0.2) is 15.6 Å². The monoisotopic (exact) mass is 302 g/mol. The second-order valence-corrected chi connectivity index (χ2v) is 7.02. The summed E-state index contributed by atoms with van der Waals surface area (Å²) >= 11 is 0. The smallest absolute Gasteiger partial charge is 0.328 e.